The second-order valence-electron chi connectivity index (χ2n) is 6.65. The third kappa shape index (κ3) is 3.56. The first kappa shape index (κ1) is 18.6. The zero-order chi connectivity index (χ0) is 19.7. The van der Waals surface area contributed by atoms with Crippen LogP contribution in [-0.2, 0) is 16.0 Å². The van der Waals surface area contributed by atoms with Crippen LogP contribution in [0.1, 0.15) is 45.7 Å². The molecule has 0 saturated heterocycles. The third-order valence-electron chi connectivity index (χ3n) is 4.75. The van der Waals surface area contributed by atoms with Crippen LogP contribution in [0.15, 0.2) is 36.4 Å². The van der Waals surface area contributed by atoms with Crippen molar-refractivity contribution in [2.24, 2.45) is 0 Å². The Labute approximate surface area is 157 Å². The van der Waals surface area contributed by atoms with Gasteiger partial charge in [-0.3, -0.25) is 9.59 Å². The molecular weight excluding hydrogens is 346 g/mol. The van der Waals surface area contributed by atoms with Gasteiger partial charge in [0.2, 0.25) is 11.7 Å². The Hall–Kier alpha value is -3.15. The molecule has 0 aromatic heterocycles. The molecule has 1 atom stereocenters. The Morgan fingerprint density at radius 3 is 2.63 bits per heavy atom. The lowest BCUT2D eigenvalue weighted by molar-refractivity contribution is -0.116. The molecule has 6 nitrogen and oxygen atoms in total. The van der Waals surface area contributed by atoms with Gasteiger partial charge in [0.05, 0.1) is 0 Å². The monoisotopic (exact) mass is 367 g/mol. The first-order valence-electron chi connectivity index (χ1n) is 8.74. The summed E-state index contributed by atoms with van der Waals surface area (Å²) in [5, 5.41) is 9.99. The van der Waals surface area contributed by atoms with Crippen molar-refractivity contribution in [3.8, 4) is 5.75 Å². The molecule has 0 saturated carbocycles. The molecule has 27 heavy (non-hydrogen) atoms. The number of carbonyl (C=O) groups excluding carboxylic acids is 3. The molecule has 1 aliphatic heterocycles. The summed E-state index contributed by atoms with van der Waals surface area (Å²) in [5.41, 5.74) is 2.74. The number of phenols is 1. The number of ketones is 1. The van der Waals surface area contributed by atoms with Crippen molar-refractivity contribution in [1.82, 2.24) is 0 Å². The second kappa shape index (κ2) is 7.23. The molecule has 6 heteroatoms. The maximum Gasteiger partial charge on any atom is 0.342 e. The number of nitrogens with zero attached hydrogens (tertiary/aromatic N) is 1. The van der Waals surface area contributed by atoms with E-state index in [2.05, 4.69) is 0 Å². The molecule has 1 aliphatic rings. The van der Waals surface area contributed by atoms with Crippen LogP contribution in [0, 0.1) is 6.92 Å². The van der Waals surface area contributed by atoms with Gasteiger partial charge in [-0.2, -0.15) is 0 Å². The van der Waals surface area contributed by atoms with Crippen molar-refractivity contribution < 1.29 is 24.2 Å². The number of benzene rings is 2. The van der Waals surface area contributed by atoms with E-state index in [9.17, 15) is 19.5 Å². The van der Waals surface area contributed by atoms with E-state index in [0.717, 1.165) is 11.3 Å². The van der Waals surface area contributed by atoms with E-state index in [1.807, 2.05) is 0 Å². The predicted octanol–water partition coefficient (Wildman–Crippen LogP) is 3.04. The molecule has 3 rings (SSSR count). The maximum absolute atomic E-state index is 12.7. The highest BCUT2D eigenvalue weighted by atomic mass is 16.5. The van der Waals surface area contributed by atoms with Crippen molar-refractivity contribution in [2.75, 3.05) is 11.4 Å². The highest BCUT2D eigenvalue weighted by molar-refractivity contribution is 6.03. The fraction of sp³-hybridized carbons (Fsp3) is 0.286. The molecule has 0 fully saturated rings. The van der Waals surface area contributed by atoms with Crippen molar-refractivity contribution >= 4 is 23.3 Å². The first-order chi connectivity index (χ1) is 12.8. The number of hydrogen-bond acceptors (Lipinski definition) is 5. The first-order valence-corrected chi connectivity index (χ1v) is 8.74. The largest absolute Gasteiger partial charge is 0.507 e. The molecule has 1 amide bonds. The summed E-state index contributed by atoms with van der Waals surface area (Å²) in [6.07, 6.45) is -0.317. The highest BCUT2D eigenvalue weighted by Crippen LogP contribution is 2.29. The van der Waals surface area contributed by atoms with E-state index in [4.69, 9.17) is 4.74 Å². The minimum Gasteiger partial charge on any atom is -0.507 e. The molecule has 2 aromatic carbocycles. The number of esters is 1. The Kier molecular flexibility index (Phi) is 4.99. The van der Waals surface area contributed by atoms with Crippen LogP contribution in [0.3, 0.4) is 0 Å². The summed E-state index contributed by atoms with van der Waals surface area (Å²) in [7, 11) is 0. The fourth-order valence-corrected chi connectivity index (χ4v) is 3.22. The minimum absolute atomic E-state index is 0.0284. The molecule has 1 unspecified atom stereocenters. The lowest BCUT2D eigenvalue weighted by atomic mass is 10.0. The van der Waals surface area contributed by atoms with E-state index >= 15 is 0 Å². The number of para-hydroxylation sites is 1. The van der Waals surface area contributed by atoms with E-state index in [1.165, 1.54) is 19.9 Å². The van der Waals surface area contributed by atoms with Gasteiger partial charge in [0.25, 0.3) is 0 Å². The van der Waals surface area contributed by atoms with Crippen molar-refractivity contribution in [3.05, 3.63) is 58.7 Å². The summed E-state index contributed by atoms with van der Waals surface area (Å²) in [6, 6.07) is 9.90. The van der Waals surface area contributed by atoms with Gasteiger partial charge in [-0.15, -0.1) is 0 Å². The number of fused-ring (bicyclic) bond motifs is 1. The Morgan fingerprint density at radius 2 is 1.93 bits per heavy atom. The van der Waals surface area contributed by atoms with Gasteiger partial charge < -0.3 is 14.7 Å². The van der Waals surface area contributed by atoms with Crippen molar-refractivity contribution in [2.45, 2.75) is 33.3 Å². The number of anilines is 1. The smallest absolute Gasteiger partial charge is 0.342 e. The normalized spacial score (nSPS) is 13.8. The van der Waals surface area contributed by atoms with Crippen molar-refractivity contribution in [1.29, 1.82) is 0 Å². The van der Waals surface area contributed by atoms with Crippen LogP contribution in [0.5, 0.6) is 5.75 Å². The predicted molar refractivity (Wildman–Crippen MR) is 100 cm³/mol. The van der Waals surface area contributed by atoms with Gasteiger partial charge >= 0.3 is 5.97 Å². The van der Waals surface area contributed by atoms with E-state index < -0.39 is 12.1 Å². The minimum atomic E-state index is -0.999. The summed E-state index contributed by atoms with van der Waals surface area (Å²) in [6.45, 7) is 5.29. The number of phenolic OH excluding ortho intramolecular Hbond substituents is 1. The second-order valence-corrected chi connectivity index (χ2v) is 6.65. The third-order valence-corrected chi connectivity index (χ3v) is 4.75. The quantitative estimate of drug-likeness (QED) is 0.663. The number of amides is 1. The van der Waals surface area contributed by atoms with Crippen LogP contribution in [0.4, 0.5) is 5.69 Å². The molecule has 1 N–H and O–H groups in total. The Balaban J connectivity index is 1.75. The van der Waals surface area contributed by atoms with Gasteiger partial charge in [0.1, 0.15) is 11.3 Å². The van der Waals surface area contributed by atoms with E-state index in [1.54, 1.807) is 42.2 Å². The maximum atomic E-state index is 12.7. The van der Waals surface area contributed by atoms with Gasteiger partial charge in [-0.1, -0.05) is 12.1 Å². The number of carbonyl (C=O) groups is 3. The number of rotatable bonds is 4. The topological polar surface area (TPSA) is 83.9 Å². The van der Waals surface area contributed by atoms with E-state index in [0.29, 0.717) is 24.1 Å². The zero-order valence-electron chi connectivity index (χ0n) is 15.5. The van der Waals surface area contributed by atoms with Crippen molar-refractivity contribution in [3.63, 3.8) is 0 Å². The number of aromatic hydroxyl groups is 1. The van der Waals surface area contributed by atoms with Crippen LogP contribution < -0.4 is 4.90 Å². The fourth-order valence-electron chi connectivity index (χ4n) is 3.22. The SMILES string of the molecule is CC(=O)N1CCc2cc(C(=O)C(C)OC(=O)c3cccc(C)c3O)ccc21. The van der Waals surface area contributed by atoms with E-state index in [-0.39, 0.29) is 23.0 Å². The Bertz CT molecular complexity index is 934. The van der Waals surface area contributed by atoms with Gasteiger partial charge in [0, 0.05) is 24.7 Å². The molecular formula is C21H21NO5. The molecule has 0 bridgehead atoms. The molecule has 1 heterocycles. The number of hydrogen-bond donors (Lipinski definition) is 1. The molecule has 0 radical (unpaired) electrons. The van der Waals surface area contributed by atoms with Crippen LogP contribution in [0.25, 0.3) is 0 Å². The van der Waals surface area contributed by atoms with Gasteiger partial charge in [-0.05, 0) is 55.7 Å². The number of ether oxygens (including phenoxy) is 1. The lowest BCUT2D eigenvalue weighted by Gasteiger charge is -2.16. The molecule has 2 aromatic rings. The summed E-state index contributed by atoms with van der Waals surface area (Å²) in [5.74, 6) is -1.27. The summed E-state index contributed by atoms with van der Waals surface area (Å²) in [4.78, 5) is 38.2. The highest BCUT2D eigenvalue weighted by Gasteiger charge is 2.26. The van der Waals surface area contributed by atoms with Gasteiger partial charge in [0.15, 0.2) is 6.10 Å². The van der Waals surface area contributed by atoms with Crippen LogP contribution in [0.2, 0.25) is 0 Å². The van der Waals surface area contributed by atoms with Crippen LogP contribution in [-0.4, -0.2) is 35.4 Å². The van der Waals surface area contributed by atoms with Crippen LogP contribution >= 0.6 is 0 Å². The average molecular weight is 367 g/mol. The molecule has 140 valence electrons. The average Bonchev–Trinajstić information content (AvgIpc) is 3.06. The lowest BCUT2D eigenvalue weighted by Crippen LogP contribution is -2.26. The molecule has 0 spiro atoms. The zero-order valence-corrected chi connectivity index (χ0v) is 15.5. The standard InChI is InChI=1S/C21H21NO5/c1-12-5-4-6-17(19(12)24)21(26)27-13(2)20(25)16-7-8-18-15(11-16)9-10-22(18)14(3)23/h4-8,11,13,24H,9-10H2,1-3H3. The summed E-state index contributed by atoms with van der Waals surface area (Å²) >= 11 is 0. The molecule has 0 aliphatic carbocycles. The summed E-state index contributed by atoms with van der Waals surface area (Å²) < 4.78 is 5.25. The number of Topliss-reactive ketones (excluding diaryl/α,β-unsaturated/α-hetero) is 1. The van der Waals surface area contributed by atoms with Gasteiger partial charge in [-0.25, -0.2) is 4.79 Å². The Morgan fingerprint density at radius 1 is 1.19 bits per heavy atom. The number of aryl methyl sites for hydroxylation is 1.